The van der Waals surface area contributed by atoms with E-state index in [1.807, 2.05) is 18.5 Å². The highest BCUT2D eigenvalue weighted by molar-refractivity contribution is 7.15. The summed E-state index contributed by atoms with van der Waals surface area (Å²) in [6.07, 6.45) is 6.64. The van der Waals surface area contributed by atoms with Crippen molar-refractivity contribution in [2.45, 2.75) is 0 Å². The van der Waals surface area contributed by atoms with Gasteiger partial charge >= 0.3 is 0 Å². The van der Waals surface area contributed by atoms with E-state index in [1.54, 1.807) is 27.6 Å². The fourth-order valence-corrected chi connectivity index (χ4v) is 2.80. The maximum absolute atomic E-state index is 12.2. The summed E-state index contributed by atoms with van der Waals surface area (Å²) in [4.78, 5) is 17.0. The zero-order valence-corrected chi connectivity index (χ0v) is 11.5. The number of imidazole rings is 1. The first kappa shape index (κ1) is 12.1. The predicted molar refractivity (Wildman–Crippen MR) is 74.7 cm³/mol. The minimum atomic E-state index is -0.183. The van der Waals surface area contributed by atoms with Gasteiger partial charge in [-0.05, 0) is 18.2 Å². The van der Waals surface area contributed by atoms with Crippen molar-refractivity contribution in [3.63, 3.8) is 0 Å². The zero-order valence-electron chi connectivity index (χ0n) is 9.95. The molecule has 96 valence electrons. The number of hydrogen-bond acceptors (Lipinski definition) is 4. The van der Waals surface area contributed by atoms with Crippen LogP contribution in [-0.4, -0.2) is 24.9 Å². The Morgan fingerprint density at radius 2 is 2.37 bits per heavy atom. The number of aromatic nitrogens is 4. The largest absolute Gasteiger partial charge is 0.287 e. The smallest absolute Gasteiger partial charge is 0.205 e. The number of nitrogens with zero attached hydrogens (tertiary/aromatic N) is 4. The number of carbonyl (C=O) groups excluding carboxylic acids is 1. The number of thiazole rings is 1. The molecule has 3 aromatic rings. The Morgan fingerprint density at radius 1 is 1.53 bits per heavy atom. The Balaban J connectivity index is 1.96. The summed E-state index contributed by atoms with van der Waals surface area (Å²) in [5.74, 6) is -0.183. The molecule has 0 saturated carbocycles. The lowest BCUT2D eigenvalue weighted by atomic mass is 10.2. The number of hydrogen-bond donors (Lipinski definition) is 0. The quantitative estimate of drug-likeness (QED) is 0.551. The highest BCUT2D eigenvalue weighted by atomic mass is 35.5. The van der Waals surface area contributed by atoms with E-state index in [9.17, 15) is 4.79 Å². The molecule has 0 atom stereocenters. The first-order chi connectivity index (χ1) is 9.16. The molecule has 0 unspecified atom stereocenters. The third-order valence-corrected chi connectivity index (χ3v) is 3.74. The van der Waals surface area contributed by atoms with E-state index in [2.05, 4.69) is 10.1 Å². The van der Waals surface area contributed by atoms with Crippen LogP contribution in [0.5, 0.6) is 0 Å². The monoisotopic (exact) mass is 292 g/mol. The molecule has 0 spiro atoms. The van der Waals surface area contributed by atoms with E-state index >= 15 is 0 Å². The van der Waals surface area contributed by atoms with Crippen LogP contribution in [0, 0.1) is 0 Å². The van der Waals surface area contributed by atoms with Crippen molar-refractivity contribution >= 4 is 39.8 Å². The summed E-state index contributed by atoms with van der Waals surface area (Å²) in [5, 5.41) is 6.12. The van der Waals surface area contributed by atoms with Crippen molar-refractivity contribution in [1.82, 2.24) is 19.2 Å². The van der Waals surface area contributed by atoms with Gasteiger partial charge in [0.15, 0.2) is 10.1 Å². The minimum absolute atomic E-state index is 0.183. The van der Waals surface area contributed by atoms with Gasteiger partial charge < -0.3 is 0 Å². The van der Waals surface area contributed by atoms with Gasteiger partial charge in [0, 0.05) is 24.8 Å². The fourth-order valence-electron chi connectivity index (χ4n) is 1.77. The zero-order chi connectivity index (χ0) is 13.4. The third-order valence-electron chi connectivity index (χ3n) is 2.72. The van der Waals surface area contributed by atoms with Gasteiger partial charge in [0.25, 0.3) is 0 Å². The molecule has 0 aliphatic carbocycles. The molecular formula is C12H9ClN4OS. The molecule has 0 aromatic carbocycles. The SMILES string of the molecule is Cn1nccc1C=CC(=O)c1c(Cl)nc2sccn12. The van der Waals surface area contributed by atoms with E-state index in [-0.39, 0.29) is 10.9 Å². The van der Waals surface area contributed by atoms with E-state index < -0.39 is 0 Å². The summed E-state index contributed by atoms with van der Waals surface area (Å²) < 4.78 is 3.38. The van der Waals surface area contributed by atoms with Crippen molar-refractivity contribution in [3.05, 3.63) is 46.5 Å². The Bertz CT molecular complexity index is 783. The van der Waals surface area contributed by atoms with E-state index in [1.165, 1.54) is 17.4 Å². The number of aryl methyl sites for hydroxylation is 1. The second-order valence-electron chi connectivity index (χ2n) is 3.88. The molecule has 0 aliphatic heterocycles. The second-order valence-corrected chi connectivity index (χ2v) is 5.12. The van der Waals surface area contributed by atoms with Crippen LogP contribution in [0.1, 0.15) is 16.2 Å². The van der Waals surface area contributed by atoms with Crippen LogP contribution < -0.4 is 0 Å². The predicted octanol–water partition coefficient (Wildman–Crippen LogP) is 2.68. The Labute approximate surface area is 117 Å². The van der Waals surface area contributed by atoms with Crippen LogP contribution in [0.2, 0.25) is 5.15 Å². The molecule has 0 amide bonds. The van der Waals surface area contributed by atoms with E-state index in [4.69, 9.17) is 11.6 Å². The fraction of sp³-hybridized carbons (Fsp3) is 0.0833. The number of halogens is 1. The molecule has 0 saturated heterocycles. The second kappa shape index (κ2) is 4.64. The lowest BCUT2D eigenvalue weighted by Gasteiger charge is -1.95. The Kier molecular flexibility index (Phi) is 2.96. The number of allylic oxidation sites excluding steroid dienone is 1. The van der Waals surface area contributed by atoms with Crippen LogP contribution >= 0.6 is 22.9 Å². The van der Waals surface area contributed by atoms with Crippen molar-refractivity contribution in [3.8, 4) is 0 Å². The van der Waals surface area contributed by atoms with Gasteiger partial charge in [-0.1, -0.05) is 11.6 Å². The third kappa shape index (κ3) is 2.09. The van der Waals surface area contributed by atoms with E-state index in [0.29, 0.717) is 10.7 Å². The molecule has 0 N–H and O–H groups in total. The molecule has 0 aliphatic rings. The normalized spacial score (nSPS) is 11.7. The van der Waals surface area contributed by atoms with Gasteiger partial charge in [-0.25, -0.2) is 4.98 Å². The summed E-state index contributed by atoms with van der Waals surface area (Å²) in [7, 11) is 1.81. The Morgan fingerprint density at radius 3 is 3.11 bits per heavy atom. The lowest BCUT2D eigenvalue weighted by Crippen LogP contribution is -2.00. The molecule has 0 radical (unpaired) electrons. The summed E-state index contributed by atoms with van der Waals surface area (Å²) in [6, 6.07) is 1.82. The van der Waals surface area contributed by atoms with Crippen LogP contribution in [0.3, 0.4) is 0 Å². The number of rotatable bonds is 3. The molecule has 0 bridgehead atoms. The van der Waals surface area contributed by atoms with Crippen molar-refractivity contribution in [2.24, 2.45) is 7.05 Å². The summed E-state index contributed by atoms with van der Waals surface area (Å²) in [5.41, 5.74) is 1.23. The van der Waals surface area contributed by atoms with Gasteiger partial charge in [0.1, 0.15) is 5.69 Å². The first-order valence-electron chi connectivity index (χ1n) is 5.48. The number of ketones is 1. The lowest BCUT2D eigenvalue weighted by molar-refractivity contribution is 0.104. The van der Waals surface area contributed by atoms with Crippen LogP contribution in [0.25, 0.3) is 11.0 Å². The number of carbonyl (C=O) groups is 1. The molecule has 3 rings (SSSR count). The topological polar surface area (TPSA) is 52.2 Å². The van der Waals surface area contributed by atoms with Gasteiger partial charge in [0.2, 0.25) is 5.78 Å². The molecule has 7 heteroatoms. The molecule has 3 heterocycles. The van der Waals surface area contributed by atoms with E-state index in [0.717, 1.165) is 5.69 Å². The molecular weight excluding hydrogens is 284 g/mol. The average molecular weight is 293 g/mol. The molecule has 5 nitrogen and oxygen atoms in total. The van der Waals surface area contributed by atoms with Crippen molar-refractivity contribution < 1.29 is 4.79 Å². The minimum Gasteiger partial charge on any atom is -0.287 e. The molecule has 0 fully saturated rings. The molecule has 19 heavy (non-hydrogen) atoms. The van der Waals surface area contributed by atoms with Crippen LogP contribution in [0.15, 0.2) is 29.9 Å². The molecule has 3 aromatic heterocycles. The van der Waals surface area contributed by atoms with Gasteiger partial charge in [-0.2, -0.15) is 5.10 Å². The maximum Gasteiger partial charge on any atom is 0.205 e. The number of fused-ring (bicyclic) bond motifs is 1. The summed E-state index contributed by atoms with van der Waals surface area (Å²) >= 11 is 7.43. The highest BCUT2D eigenvalue weighted by Crippen LogP contribution is 2.22. The van der Waals surface area contributed by atoms with Crippen molar-refractivity contribution in [2.75, 3.05) is 0 Å². The van der Waals surface area contributed by atoms with Gasteiger partial charge in [-0.15, -0.1) is 11.3 Å². The van der Waals surface area contributed by atoms with Gasteiger partial charge in [0.05, 0.1) is 5.69 Å². The van der Waals surface area contributed by atoms with Crippen molar-refractivity contribution in [1.29, 1.82) is 0 Å². The standard InChI is InChI=1S/C12H9ClN4OS/c1-16-8(4-5-14-16)2-3-9(18)10-11(13)15-12-17(10)6-7-19-12/h2-7H,1H3. The Hall–Kier alpha value is -1.92. The van der Waals surface area contributed by atoms with Gasteiger partial charge in [-0.3, -0.25) is 13.9 Å². The average Bonchev–Trinajstić information content (AvgIpc) is 3.02. The highest BCUT2D eigenvalue weighted by Gasteiger charge is 2.16. The maximum atomic E-state index is 12.2. The van der Waals surface area contributed by atoms with Crippen LogP contribution in [0.4, 0.5) is 0 Å². The summed E-state index contributed by atoms with van der Waals surface area (Å²) in [6.45, 7) is 0. The van der Waals surface area contributed by atoms with Crippen LogP contribution in [-0.2, 0) is 7.05 Å². The first-order valence-corrected chi connectivity index (χ1v) is 6.74.